The van der Waals surface area contributed by atoms with Crippen LogP contribution in [0, 0.1) is 11.8 Å². The van der Waals surface area contributed by atoms with Gasteiger partial charge < -0.3 is 20.7 Å². The van der Waals surface area contributed by atoms with Crippen molar-refractivity contribution in [3.63, 3.8) is 0 Å². The summed E-state index contributed by atoms with van der Waals surface area (Å²) in [6.45, 7) is 0.450. The third-order valence-electron chi connectivity index (χ3n) is 5.99. The van der Waals surface area contributed by atoms with E-state index in [1.165, 1.54) is 23.1 Å². The van der Waals surface area contributed by atoms with Crippen LogP contribution in [0.15, 0.2) is 18.2 Å². The summed E-state index contributed by atoms with van der Waals surface area (Å²) in [5, 5.41) is 5.50. The number of carbonyl (C=O) groups is 3. The van der Waals surface area contributed by atoms with Crippen molar-refractivity contribution >= 4 is 29.1 Å². The van der Waals surface area contributed by atoms with Crippen LogP contribution in [0.3, 0.4) is 0 Å². The van der Waals surface area contributed by atoms with Gasteiger partial charge >= 0.3 is 0 Å². The summed E-state index contributed by atoms with van der Waals surface area (Å²) in [6.07, 6.45) is 1.27. The molecule has 0 spiro atoms. The lowest BCUT2D eigenvalue weighted by atomic mass is 10.0. The summed E-state index contributed by atoms with van der Waals surface area (Å²) in [6, 6.07) is 2.70. The third kappa shape index (κ3) is 5.01. The first-order valence-electron chi connectivity index (χ1n) is 10.5. The van der Waals surface area contributed by atoms with Crippen molar-refractivity contribution < 1.29 is 27.9 Å². The highest BCUT2D eigenvalue weighted by Gasteiger charge is 2.44. The second-order valence-electron chi connectivity index (χ2n) is 8.36. The third-order valence-corrected chi connectivity index (χ3v) is 5.99. The van der Waals surface area contributed by atoms with Gasteiger partial charge in [-0.2, -0.15) is 0 Å². The van der Waals surface area contributed by atoms with E-state index in [1.807, 2.05) is 0 Å². The zero-order chi connectivity index (χ0) is 22.1. The van der Waals surface area contributed by atoms with Crippen LogP contribution in [0.5, 0.6) is 0 Å². The van der Waals surface area contributed by atoms with E-state index in [0.717, 1.165) is 25.7 Å². The Morgan fingerprint density at radius 1 is 1.16 bits per heavy atom. The molecule has 0 radical (unpaired) electrons. The zero-order valence-corrected chi connectivity index (χ0v) is 17.0. The predicted octanol–water partition coefficient (Wildman–Crippen LogP) is 1.56. The van der Waals surface area contributed by atoms with Gasteiger partial charge in [0.1, 0.15) is 6.61 Å². The number of anilines is 2. The summed E-state index contributed by atoms with van der Waals surface area (Å²) < 4.78 is 32.5. The fourth-order valence-electron chi connectivity index (χ4n) is 4.06. The molecule has 31 heavy (non-hydrogen) atoms. The lowest BCUT2D eigenvalue weighted by molar-refractivity contribution is -0.128. The van der Waals surface area contributed by atoms with E-state index in [2.05, 4.69) is 10.6 Å². The molecule has 3 fully saturated rings. The Balaban J connectivity index is 1.51. The molecule has 10 heteroatoms. The first-order valence-corrected chi connectivity index (χ1v) is 10.5. The summed E-state index contributed by atoms with van der Waals surface area (Å²) in [5.74, 6) is -1.10. The highest BCUT2D eigenvalue weighted by atomic mass is 19.3. The number of nitrogens with zero attached hydrogens (tertiary/aromatic N) is 1. The normalized spacial score (nSPS) is 20.3. The highest BCUT2D eigenvalue weighted by Crippen LogP contribution is 2.44. The minimum atomic E-state index is -2.89. The van der Waals surface area contributed by atoms with E-state index in [0.29, 0.717) is 24.1 Å². The standard InChI is InChI=1S/C21H26F2N4O4/c22-19(23)14-9-13(27-7-8-31-10-16(27)28)5-6-15(14)25-21(30)18(20(24)29)26-17(11-1-2-11)12-3-4-12/h5-6,9,11-12,17-19,26H,1-4,7-8,10H2,(H2,24,29)(H,25,30)/t18-/m1/s1. The van der Waals surface area contributed by atoms with Crippen LogP contribution in [0.4, 0.5) is 20.2 Å². The molecule has 1 aromatic rings. The molecule has 4 N–H and O–H groups in total. The molecule has 3 aliphatic rings. The van der Waals surface area contributed by atoms with Crippen LogP contribution in [-0.4, -0.2) is 49.6 Å². The fraction of sp³-hybridized carbons (Fsp3) is 0.571. The zero-order valence-electron chi connectivity index (χ0n) is 17.0. The number of nitrogens with two attached hydrogens (primary N) is 1. The van der Waals surface area contributed by atoms with Gasteiger partial charge in [0.15, 0.2) is 6.04 Å². The minimum Gasteiger partial charge on any atom is -0.370 e. The number of carbonyl (C=O) groups excluding carboxylic acids is 3. The molecular formula is C21H26F2N4O4. The lowest BCUT2D eigenvalue weighted by Gasteiger charge is -2.28. The van der Waals surface area contributed by atoms with Crippen LogP contribution in [0.2, 0.25) is 0 Å². The van der Waals surface area contributed by atoms with Crippen molar-refractivity contribution in [3.05, 3.63) is 23.8 Å². The number of hydrogen-bond acceptors (Lipinski definition) is 5. The monoisotopic (exact) mass is 436 g/mol. The van der Waals surface area contributed by atoms with Gasteiger partial charge in [-0.3, -0.25) is 19.7 Å². The highest BCUT2D eigenvalue weighted by molar-refractivity contribution is 6.10. The minimum absolute atomic E-state index is 0.0347. The number of amides is 3. The largest absolute Gasteiger partial charge is 0.370 e. The smallest absolute Gasteiger partial charge is 0.265 e. The Bertz CT molecular complexity index is 861. The number of hydrogen-bond donors (Lipinski definition) is 3. The van der Waals surface area contributed by atoms with Crippen LogP contribution in [0.25, 0.3) is 0 Å². The molecule has 1 aliphatic heterocycles. The Kier molecular flexibility index (Phi) is 6.19. The van der Waals surface area contributed by atoms with Gasteiger partial charge in [-0.1, -0.05) is 0 Å². The summed E-state index contributed by atoms with van der Waals surface area (Å²) in [5.41, 5.74) is 5.19. The topological polar surface area (TPSA) is 114 Å². The average molecular weight is 436 g/mol. The van der Waals surface area contributed by atoms with Crippen LogP contribution in [0.1, 0.15) is 37.7 Å². The molecule has 1 heterocycles. The van der Waals surface area contributed by atoms with E-state index in [4.69, 9.17) is 10.5 Å². The molecule has 3 amide bonds. The Labute approximate surface area is 178 Å². The maximum absolute atomic E-state index is 13.7. The number of halogens is 2. The fourth-order valence-corrected chi connectivity index (χ4v) is 4.06. The summed E-state index contributed by atoms with van der Waals surface area (Å²) in [4.78, 5) is 38.1. The van der Waals surface area contributed by atoms with E-state index >= 15 is 0 Å². The number of primary amides is 1. The van der Waals surface area contributed by atoms with Crippen LogP contribution in [-0.2, 0) is 19.1 Å². The van der Waals surface area contributed by atoms with Crippen molar-refractivity contribution in [2.45, 2.75) is 44.2 Å². The van der Waals surface area contributed by atoms with Crippen molar-refractivity contribution in [1.29, 1.82) is 0 Å². The van der Waals surface area contributed by atoms with E-state index < -0.39 is 29.8 Å². The SMILES string of the molecule is NC(=O)[C@@H](NC(C1CC1)C1CC1)C(=O)Nc1ccc(N2CCOCC2=O)cc1C(F)F. The molecule has 0 unspecified atom stereocenters. The van der Waals surface area contributed by atoms with Crippen molar-refractivity contribution in [3.8, 4) is 0 Å². The molecule has 1 atom stereocenters. The molecule has 0 aromatic heterocycles. The first kappa shape index (κ1) is 21.6. The molecule has 2 saturated carbocycles. The number of benzene rings is 1. The van der Waals surface area contributed by atoms with Gasteiger partial charge in [0.25, 0.3) is 18.2 Å². The molecule has 4 rings (SSSR count). The second-order valence-corrected chi connectivity index (χ2v) is 8.36. The maximum Gasteiger partial charge on any atom is 0.265 e. The average Bonchev–Trinajstić information content (AvgIpc) is 3.62. The van der Waals surface area contributed by atoms with E-state index in [1.54, 1.807) is 0 Å². The van der Waals surface area contributed by atoms with Crippen LogP contribution >= 0.6 is 0 Å². The number of nitrogens with one attached hydrogen (secondary N) is 2. The number of rotatable bonds is 9. The molecule has 8 nitrogen and oxygen atoms in total. The van der Waals surface area contributed by atoms with E-state index in [-0.39, 0.29) is 30.8 Å². The number of morpholine rings is 1. The Hall–Kier alpha value is -2.59. The molecule has 168 valence electrons. The van der Waals surface area contributed by atoms with Gasteiger partial charge in [-0.15, -0.1) is 0 Å². The Morgan fingerprint density at radius 2 is 1.84 bits per heavy atom. The van der Waals surface area contributed by atoms with Gasteiger partial charge in [0.05, 0.1) is 6.61 Å². The maximum atomic E-state index is 13.7. The van der Waals surface area contributed by atoms with Crippen molar-refractivity contribution in [2.24, 2.45) is 17.6 Å². The number of alkyl halides is 2. The Morgan fingerprint density at radius 3 is 2.39 bits per heavy atom. The van der Waals surface area contributed by atoms with Gasteiger partial charge in [0, 0.05) is 29.5 Å². The second kappa shape index (κ2) is 8.88. The van der Waals surface area contributed by atoms with Crippen molar-refractivity contribution in [2.75, 3.05) is 30.0 Å². The quantitative estimate of drug-likeness (QED) is 0.509. The first-order chi connectivity index (χ1) is 14.8. The molecule has 1 saturated heterocycles. The molecular weight excluding hydrogens is 410 g/mol. The van der Waals surface area contributed by atoms with Gasteiger partial charge in [-0.25, -0.2) is 8.78 Å². The molecule has 2 aliphatic carbocycles. The van der Waals surface area contributed by atoms with E-state index in [9.17, 15) is 23.2 Å². The van der Waals surface area contributed by atoms with Crippen LogP contribution < -0.4 is 21.3 Å². The summed E-state index contributed by atoms with van der Waals surface area (Å²) >= 11 is 0. The number of ether oxygens (including phenoxy) is 1. The summed E-state index contributed by atoms with van der Waals surface area (Å²) in [7, 11) is 0. The van der Waals surface area contributed by atoms with Crippen molar-refractivity contribution in [1.82, 2.24) is 5.32 Å². The van der Waals surface area contributed by atoms with Gasteiger partial charge in [-0.05, 0) is 55.7 Å². The lowest BCUT2D eigenvalue weighted by Crippen LogP contribution is -2.54. The molecule has 1 aromatic carbocycles. The predicted molar refractivity (Wildman–Crippen MR) is 109 cm³/mol. The van der Waals surface area contributed by atoms with Gasteiger partial charge in [0.2, 0.25) is 5.91 Å². The molecule has 0 bridgehead atoms.